The first-order valence-electron chi connectivity index (χ1n) is 6.02. The summed E-state index contributed by atoms with van der Waals surface area (Å²) in [4.78, 5) is 0. The Balaban J connectivity index is 2.18. The molecule has 0 bridgehead atoms. The van der Waals surface area contributed by atoms with Crippen molar-refractivity contribution in [1.82, 2.24) is 0 Å². The van der Waals surface area contributed by atoms with E-state index < -0.39 is 0 Å². The quantitative estimate of drug-likeness (QED) is 0.646. The zero-order chi connectivity index (χ0) is 13.2. The summed E-state index contributed by atoms with van der Waals surface area (Å²) in [5.41, 5.74) is 1.07. The van der Waals surface area contributed by atoms with Crippen molar-refractivity contribution in [3.63, 3.8) is 0 Å². The smallest absolute Gasteiger partial charge is 0.210 e. The van der Waals surface area contributed by atoms with Gasteiger partial charge in [0.2, 0.25) is 5.69 Å². The zero-order valence-electron chi connectivity index (χ0n) is 10.5. The monoisotopic (exact) mass is 270 g/mol. The van der Waals surface area contributed by atoms with Gasteiger partial charge >= 0.3 is 0 Å². The predicted octanol–water partition coefficient (Wildman–Crippen LogP) is 3.78. The standard InChI is InChI=1S/C16H13ClNO/c1-19-16-4-2-3-12-9-10-18(11-15(12)16)14-7-5-13(17)6-8-14/h2-11H,1H3/q+1. The van der Waals surface area contributed by atoms with Crippen LogP contribution in [0.4, 0.5) is 0 Å². The molecule has 2 aromatic carbocycles. The number of pyridine rings is 1. The van der Waals surface area contributed by atoms with Crippen molar-refractivity contribution in [2.24, 2.45) is 0 Å². The molecule has 3 aromatic rings. The first-order chi connectivity index (χ1) is 9.28. The molecule has 0 radical (unpaired) electrons. The minimum atomic E-state index is 0.739. The van der Waals surface area contributed by atoms with E-state index in [9.17, 15) is 0 Å². The van der Waals surface area contributed by atoms with Gasteiger partial charge in [-0.25, -0.2) is 0 Å². The Morgan fingerprint density at radius 3 is 2.53 bits per heavy atom. The van der Waals surface area contributed by atoms with Gasteiger partial charge in [0.1, 0.15) is 5.75 Å². The summed E-state index contributed by atoms with van der Waals surface area (Å²) in [7, 11) is 1.69. The van der Waals surface area contributed by atoms with E-state index >= 15 is 0 Å². The summed E-state index contributed by atoms with van der Waals surface area (Å²) in [6.07, 6.45) is 4.10. The first-order valence-corrected chi connectivity index (χ1v) is 6.40. The molecule has 19 heavy (non-hydrogen) atoms. The summed E-state index contributed by atoms with van der Waals surface area (Å²) in [5, 5.41) is 2.98. The van der Waals surface area contributed by atoms with Gasteiger partial charge in [-0.05, 0) is 23.6 Å². The lowest BCUT2D eigenvalue weighted by atomic mass is 10.1. The van der Waals surface area contributed by atoms with E-state index in [1.54, 1.807) is 7.11 Å². The van der Waals surface area contributed by atoms with Crippen molar-refractivity contribution in [1.29, 1.82) is 0 Å². The molecule has 0 aliphatic rings. The molecule has 3 heteroatoms. The van der Waals surface area contributed by atoms with Crippen LogP contribution in [0.5, 0.6) is 5.75 Å². The lowest BCUT2D eigenvalue weighted by Crippen LogP contribution is -2.29. The normalized spacial score (nSPS) is 10.6. The molecule has 3 rings (SSSR count). The number of hydrogen-bond donors (Lipinski definition) is 0. The zero-order valence-corrected chi connectivity index (χ0v) is 11.3. The molecule has 0 saturated heterocycles. The van der Waals surface area contributed by atoms with Crippen LogP contribution >= 0.6 is 11.6 Å². The molecule has 0 aliphatic carbocycles. The van der Waals surface area contributed by atoms with Gasteiger partial charge in [0.05, 0.1) is 12.5 Å². The Bertz CT molecular complexity index is 722. The fourth-order valence-corrected chi connectivity index (χ4v) is 2.27. The summed E-state index contributed by atoms with van der Waals surface area (Å²) < 4.78 is 7.46. The maximum atomic E-state index is 5.91. The average Bonchev–Trinajstić information content (AvgIpc) is 2.47. The molecular formula is C16H13ClNO+. The average molecular weight is 271 g/mol. The highest BCUT2D eigenvalue weighted by atomic mass is 35.5. The number of rotatable bonds is 2. The van der Waals surface area contributed by atoms with Crippen LogP contribution in [-0.4, -0.2) is 7.11 Å². The molecule has 0 unspecified atom stereocenters. The molecule has 2 nitrogen and oxygen atoms in total. The topological polar surface area (TPSA) is 13.1 Å². The maximum Gasteiger partial charge on any atom is 0.210 e. The highest BCUT2D eigenvalue weighted by Crippen LogP contribution is 2.23. The molecule has 0 aliphatic heterocycles. The van der Waals surface area contributed by atoms with Crippen LogP contribution in [0.3, 0.4) is 0 Å². The number of methoxy groups -OCH3 is 1. The van der Waals surface area contributed by atoms with Crippen molar-refractivity contribution >= 4 is 22.4 Å². The van der Waals surface area contributed by atoms with Crippen molar-refractivity contribution in [2.75, 3.05) is 7.11 Å². The summed E-state index contributed by atoms with van der Waals surface area (Å²) >= 11 is 5.91. The third-order valence-corrected chi connectivity index (χ3v) is 3.38. The van der Waals surface area contributed by atoms with E-state index in [1.165, 1.54) is 0 Å². The van der Waals surface area contributed by atoms with Crippen LogP contribution in [-0.2, 0) is 0 Å². The molecule has 1 heterocycles. The number of nitrogens with zero attached hydrogens (tertiary/aromatic N) is 1. The van der Waals surface area contributed by atoms with Gasteiger partial charge in [-0.3, -0.25) is 0 Å². The number of aromatic nitrogens is 1. The highest BCUT2D eigenvalue weighted by Gasteiger charge is 2.09. The van der Waals surface area contributed by atoms with E-state index in [2.05, 4.69) is 22.9 Å². The Kier molecular flexibility index (Phi) is 3.10. The third kappa shape index (κ3) is 2.27. The van der Waals surface area contributed by atoms with E-state index in [1.807, 2.05) is 42.6 Å². The minimum absolute atomic E-state index is 0.739. The minimum Gasteiger partial charge on any atom is -0.496 e. The van der Waals surface area contributed by atoms with Gasteiger partial charge in [0, 0.05) is 23.2 Å². The van der Waals surface area contributed by atoms with Crippen molar-refractivity contribution < 1.29 is 9.30 Å². The second kappa shape index (κ2) is 4.90. The van der Waals surface area contributed by atoms with E-state index in [-0.39, 0.29) is 0 Å². The highest BCUT2D eigenvalue weighted by molar-refractivity contribution is 6.30. The molecule has 0 spiro atoms. The molecule has 0 fully saturated rings. The van der Waals surface area contributed by atoms with Gasteiger partial charge in [0.15, 0.2) is 12.4 Å². The number of halogens is 1. The van der Waals surface area contributed by atoms with Gasteiger partial charge in [-0.15, -0.1) is 0 Å². The number of ether oxygens (including phenoxy) is 1. The molecule has 0 atom stereocenters. The number of hydrogen-bond acceptors (Lipinski definition) is 1. The van der Waals surface area contributed by atoms with Crippen molar-refractivity contribution in [3.05, 3.63) is 65.9 Å². The summed E-state index contributed by atoms with van der Waals surface area (Å²) in [5.74, 6) is 0.876. The molecular weight excluding hydrogens is 258 g/mol. The fourth-order valence-electron chi connectivity index (χ4n) is 2.14. The van der Waals surface area contributed by atoms with E-state index in [0.717, 1.165) is 27.2 Å². The van der Waals surface area contributed by atoms with Gasteiger partial charge in [-0.2, -0.15) is 4.57 Å². The summed E-state index contributed by atoms with van der Waals surface area (Å²) in [6.45, 7) is 0. The van der Waals surface area contributed by atoms with Crippen LogP contribution in [0, 0.1) is 0 Å². The number of benzene rings is 2. The van der Waals surface area contributed by atoms with Crippen LogP contribution in [0.15, 0.2) is 60.9 Å². The molecule has 94 valence electrons. The van der Waals surface area contributed by atoms with Crippen LogP contribution in [0.1, 0.15) is 0 Å². The molecule has 0 N–H and O–H groups in total. The summed E-state index contributed by atoms with van der Waals surface area (Å²) in [6, 6.07) is 15.9. The Morgan fingerprint density at radius 2 is 1.79 bits per heavy atom. The van der Waals surface area contributed by atoms with E-state index in [0.29, 0.717) is 0 Å². The fraction of sp³-hybridized carbons (Fsp3) is 0.0625. The lowest BCUT2D eigenvalue weighted by molar-refractivity contribution is -0.594. The third-order valence-electron chi connectivity index (χ3n) is 3.13. The molecule has 1 aromatic heterocycles. The Labute approximate surface area is 116 Å². The van der Waals surface area contributed by atoms with Crippen LogP contribution in [0.2, 0.25) is 5.02 Å². The van der Waals surface area contributed by atoms with Gasteiger partial charge in [0.25, 0.3) is 0 Å². The first kappa shape index (κ1) is 12.0. The largest absolute Gasteiger partial charge is 0.496 e. The van der Waals surface area contributed by atoms with Crippen LogP contribution in [0.25, 0.3) is 16.5 Å². The SMILES string of the molecule is COc1cccc2cc[n+](-c3ccc(Cl)cc3)cc12. The maximum absolute atomic E-state index is 5.91. The van der Waals surface area contributed by atoms with E-state index in [4.69, 9.17) is 16.3 Å². The van der Waals surface area contributed by atoms with Gasteiger partial charge in [-0.1, -0.05) is 23.7 Å². The van der Waals surface area contributed by atoms with Crippen LogP contribution < -0.4 is 9.30 Å². The van der Waals surface area contributed by atoms with Crippen molar-refractivity contribution in [2.45, 2.75) is 0 Å². The Hall–Kier alpha value is -2.06. The Morgan fingerprint density at radius 1 is 1.00 bits per heavy atom. The number of fused-ring (bicyclic) bond motifs is 1. The lowest BCUT2D eigenvalue weighted by Gasteiger charge is -2.04. The second-order valence-corrected chi connectivity index (χ2v) is 4.73. The second-order valence-electron chi connectivity index (χ2n) is 4.29. The molecule has 0 amide bonds. The molecule has 0 saturated carbocycles. The van der Waals surface area contributed by atoms with Crippen molar-refractivity contribution in [3.8, 4) is 11.4 Å². The predicted molar refractivity (Wildman–Crippen MR) is 77.0 cm³/mol. The van der Waals surface area contributed by atoms with Gasteiger partial charge < -0.3 is 4.74 Å².